The van der Waals surface area contributed by atoms with Crippen molar-refractivity contribution >= 4 is 18.9 Å². The molecule has 6 heteroatoms. The summed E-state index contributed by atoms with van der Waals surface area (Å²) in [7, 11) is 0. The van der Waals surface area contributed by atoms with Crippen LogP contribution in [0.3, 0.4) is 0 Å². The Morgan fingerprint density at radius 1 is 0.489 bits per heavy atom. The number of hydrogen-bond acceptors (Lipinski definition) is 6. The highest BCUT2D eigenvalue weighted by atomic mass is 16.3. The molecule has 0 saturated heterocycles. The molecule has 0 radical (unpaired) electrons. The van der Waals surface area contributed by atoms with E-state index in [1.54, 1.807) is 18.2 Å². The summed E-state index contributed by atoms with van der Waals surface area (Å²) in [6, 6.07) is 19.0. The first-order chi connectivity index (χ1) is 22.0. The van der Waals surface area contributed by atoms with E-state index in [1.165, 1.54) is 0 Å². The van der Waals surface area contributed by atoms with Crippen molar-refractivity contribution in [2.45, 2.75) is 90.9 Å². The fraction of sp³-hybridized carbons (Fsp3) is 0.341. The molecule has 0 aromatic heterocycles. The SMILES string of the molecule is CC(C)c1cc(C(C)(C)c2cccc(C(C)(c3cc(C=O)c(O)c(C(C)C)c3)c3cc(C=O)c(O)c(C(C)C)c3)c2)cc(C=O)c1O. The predicted octanol–water partition coefficient (Wildman–Crippen LogP) is 9.29. The number of aromatic hydroxyl groups is 3. The van der Waals surface area contributed by atoms with Gasteiger partial charge in [0.05, 0.1) is 16.7 Å². The molecule has 3 N–H and O–H groups in total. The van der Waals surface area contributed by atoms with Crippen LogP contribution in [-0.2, 0) is 10.8 Å². The topological polar surface area (TPSA) is 112 Å². The van der Waals surface area contributed by atoms with Crippen LogP contribution < -0.4 is 0 Å². The molecule has 0 aliphatic rings. The van der Waals surface area contributed by atoms with Gasteiger partial charge in [0.25, 0.3) is 0 Å². The zero-order valence-electron chi connectivity index (χ0n) is 28.8. The van der Waals surface area contributed by atoms with Gasteiger partial charge in [0.15, 0.2) is 18.9 Å². The van der Waals surface area contributed by atoms with E-state index in [0.717, 1.165) is 27.8 Å². The summed E-state index contributed by atoms with van der Waals surface area (Å²) in [4.78, 5) is 36.5. The fourth-order valence-corrected chi connectivity index (χ4v) is 6.45. The Bertz CT molecular complexity index is 1770. The summed E-state index contributed by atoms with van der Waals surface area (Å²) >= 11 is 0. The van der Waals surface area contributed by atoms with Gasteiger partial charge in [-0.15, -0.1) is 0 Å². The maximum atomic E-state index is 12.3. The monoisotopic (exact) mass is 634 g/mol. The van der Waals surface area contributed by atoms with E-state index in [4.69, 9.17) is 0 Å². The molecule has 4 aromatic rings. The van der Waals surface area contributed by atoms with Crippen molar-refractivity contribution in [2.24, 2.45) is 0 Å². The molecule has 6 nitrogen and oxygen atoms in total. The second-order valence-electron chi connectivity index (χ2n) is 14.2. The predicted molar refractivity (Wildman–Crippen MR) is 187 cm³/mol. The van der Waals surface area contributed by atoms with E-state index in [1.807, 2.05) is 84.9 Å². The summed E-state index contributed by atoms with van der Waals surface area (Å²) in [5.74, 6) is -0.301. The van der Waals surface area contributed by atoms with Gasteiger partial charge in [0.1, 0.15) is 17.2 Å². The van der Waals surface area contributed by atoms with E-state index in [-0.39, 0.29) is 51.7 Å². The molecular formula is C41H46O6. The number of carbonyl (C=O) groups is 3. The largest absolute Gasteiger partial charge is 0.507 e. The van der Waals surface area contributed by atoms with Crippen molar-refractivity contribution < 1.29 is 29.7 Å². The molecular weight excluding hydrogens is 588 g/mol. The van der Waals surface area contributed by atoms with Gasteiger partial charge in [0.2, 0.25) is 0 Å². The number of aldehydes is 3. The molecule has 246 valence electrons. The van der Waals surface area contributed by atoms with Crippen molar-refractivity contribution in [1.29, 1.82) is 0 Å². The van der Waals surface area contributed by atoms with Crippen molar-refractivity contribution in [3.05, 3.63) is 122 Å². The number of benzene rings is 4. The van der Waals surface area contributed by atoms with Crippen molar-refractivity contribution in [3.63, 3.8) is 0 Å². The minimum absolute atomic E-state index is 0.00517. The van der Waals surface area contributed by atoms with Crippen LogP contribution in [0.4, 0.5) is 0 Å². The lowest BCUT2D eigenvalue weighted by molar-refractivity contribution is 0.111. The third-order valence-corrected chi connectivity index (χ3v) is 9.79. The van der Waals surface area contributed by atoms with Gasteiger partial charge in [-0.3, -0.25) is 14.4 Å². The van der Waals surface area contributed by atoms with Crippen LogP contribution in [0.25, 0.3) is 0 Å². The standard InChI is InChI=1S/C41H46O6/c1-23(2)34-17-31(13-26(20-42)37(34)45)40(7,8)29-11-10-12-30(16-29)41(9,32-14-27(21-43)38(46)35(18-32)24(3)4)33-15-28(22-44)39(47)36(19-33)25(5)6/h10-25,45-47H,1-9H3. The van der Waals surface area contributed by atoms with Gasteiger partial charge >= 0.3 is 0 Å². The first-order valence-electron chi connectivity index (χ1n) is 16.1. The quantitative estimate of drug-likeness (QED) is 0.112. The van der Waals surface area contributed by atoms with Crippen molar-refractivity contribution in [1.82, 2.24) is 0 Å². The summed E-state index contributed by atoms with van der Waals surface area (Å²) in [5, 5.41) is 32.7. The molecule has 0 aliphatic heterocycles. The average molecular weight is 635 g/mol. The van der Waals surface area contributed by atoms with Gasteiger partial charge in [-0.25, -0.2) is 0 Å². The van der Waals surface area contributed by atoms with Gasteiger partial charge in [-0.05, 0) is 87.4 Å². The Morgan fingerprint density at radius 2 is 0.830 bits per heavy atom. The second-order valence-corrected chi connectivity index (χ2v) is 14.2. The van der Waals surface area contributed by atoms with Gasteiger partial charge in [-0.1, -0.05) is 97.9 Å². The molecule has 0 spiro atoms. The number of hydrogen-bond donors (Lipinski definition) is 3. The molecule has 0 amide bonds. The molecule has 47 heavy (non-hydrogen) atoms. The molecule has 0 unspecified atom stereocenters. The Kier molecular flexibility index (Phi) is 9.86. The van der Waals surface area contributed by atoms with E-state index >= 15 is 0 Å². The summed E-state index contributed by atoms with van der Waals surface area (Å²) < 4.78 is 0. The van der Waals surface area contributed by atoms with E-state index in [0.29, 0.717) is 35.5 Å². The van der Waals surface area contributed by atoms with Crippen LogP contribution >= 0.6 is 0 Å². The molecule has 0 fully saturated rings. The normalized spacial score (nSPS) is 12.2. The van der Waals surface area contributed by atoms with Crippen LogP contribution in [0.2, 0.25) is 0 Å². The minimum Gasteiger partial charge on any atom is -0.507 e. The molecule has 0 saturated carbocycles. The first kappa shape index (κ1) is 35.1. The molecule has 4 aromatic carbocycles. The van der Waals surface area contributed by atoms with E-state index < -0.39 is 10.8 Å². The molecule has 0 heterocycles. The third kappa shape index (κ3) is 6.21. The van der Waals surface area contributed by atoms with Crippen LogP contribution in [0, 0.1) is 0 Å². The van der Waals surface area contributed by atoms with Gasteiger partial charge in [-0.2, -0.15) is 0 Å². The number of carbonyl (C=O) groups excluding carboxylic acids is 3. The smallest absolute Gasteiger partial charge is 0.153 e. The lowest BCUT2D eigenvalue weighted by Crippen LogP contribution is -2.28. The average Bonchev–Trinajstić information content (AvgIpc) is 3.04. The summed E-state index contributed by atoms with van der Waals surface area (Å²) in [6.07, 6.45) is 1.98. The second kappa shape index (κ2) is 13.2. The zero-order valence-corrected chi connectivity index (χ0v) is 28.8. The van der Waals surface area contributed by atoms with Crippen LogP contribution in [-0.4, -0.2) is 34.2 Å². The Balaban J connectivity index is 2.10. The van der Waals surface area contributed by atoms with Crippen molar-refractivity contribution in [2.75, 3.05) is 0 Å². The Hall–Kier alpha value is -4.71. The van der Waals surface area contributed by atoms with E-state index in [9.17, 15) is 29.7 Å². The van der Waals surface area contributed by atoms with Gasteiger partial charge in [0, 0.05) is 10.8 Å². The summed E-state index contributed by atoms with van der Waals surface area (Å²) in [6.45, 7) is 17.9. The highest BCUT2D eigenvalue weighted by molar-refractivity contribution is 5.83. The molecule has 0 atom stereocenters. The van der Waals surface area contributed by atoms with Crippen LogP contribution in [0.1, 0.15) is 156 Å². The Morgan fingerprint density at radius 3 is 1.19 bits per heavy atom. The van der Waals surface area contributed by atoms with Crippen LogP contribution in [0.15, 0.2) is 60.7 Å². The zero-order chi connectivity index (χ0) is 35.0. The number of phenolic OH excluding ortho intramolecular Hbond substituents is 3. The highest BCUT2D eigenvalue weighted by Gasteiger charge is 2.36. The third-order valence-electron chi connectivity index (χ3n) is 9.79. The number of rotatable bonds is 11. The summed E-state index contributed by atoms with van der Waals surface area (Å²) in [5.41, 5.74) is 5.08. The van der Waals surface area contributed by atoms with Crippen molar-refractivity contribution in [3.8, 4) is 17.2 Å². The maximum Gasteiger partial charge on any atom is 0.153 e. The maximum absolute atomic E-state index is 12.3. The Labute approximate surface area is 278 Å². The molecule has 0 bridgehead atoms. The first-order valence-corrected chi connectivity index (χ1v) is 16.1. The lowest BCUT2D eigenvalue weighted by Gasteiger charge is -2.36. The molecule has 0 aliphatic carbocycles. The van der Waals surface area contributed by atoms with Crippen LogP contribution in [0.5, 0.6) is 17.2 Å². The molecule has 4 rings (SSSR count). The highest BCUT2D eigenvalue weighted by Crippen LogP contribution is 2.46. The number of phenols is 3. The van der Waals surface area contributed by atoms with E-state index in [2.05, 4.69) is 19.9 Å². The minimum atomic E-state index is -0.956. The lowest BCUT2D eigenvalue weighted by atomic mass is 9.67. The van der Waals surface area contributed by atoms with Gasteiger partial charge < -0.3 is 15.3 Å². The fourth-order valence-electron chi connectivity index (χ4n) is 6.45.